The summed E-state index contributed by atoms with van der Waals surface area (Å²) >= 11 is 3.32. The van der Waals surface area contributed by atoms with Gasteiger partial charge in [-0.05, 0) is 29.8 Å². The lowest BCUT2D eigenvalue weighted by Crippen LogP contribution is -2.04. The van der Waals surface area contributed by atoms with E-state index in [1.165, 1.54) is 0 Å². The lowest BCUT2D eigenvalue weighted by Gasteiger charge is -2.04. The highest BCUT2D eigenvalue weighted by Crippen LogP contribution is 2.12. The van der Waals surface area contributed by atoms with E-state index in [0.717, 1.165) is 10.0 Å². The summed E-state index contributed by atoms with van der Waals surface area (Å²) in [5.41, 5.74) is 1.54. The molecule has 0 heterocycles. The van der Waals surface area contributed by atoms with Gasteiger partial charge in [-0.3, -0.25) is 0 Å². The number of rotatable bonds is 3. The van der Waals surface area contributed by atoms with Crippen LogP contribution in [0.2, 0.25) is 0 Å². The standard InChI is InChI=1S/C14H11BrO2/c15-13-8-6-12(7-9-13)14(16)17-10-11-4-2-1-3-5-11/h1-9H,10H2. The van der Waals surface area contributed by atoms with E-state index < -0.39 is 0 Å². The van der Waals surface area contributed by atoms with E-state index in [-0.39, 0.29) is 5.97 Å². The van der Waals surface area contributed by atoms with Crippen molar-refractivity contribution in [2.24, 2.45) is 0 Å². The molecule has 0 spiro atoms. The summed E-state index contributed by atoms with van der Waals surface area (Å²) in [6.45, 7) is 0.301. The molecule has 17 heavy (non-hydrogen) atoms. The molecule has 2 aromatic carbocycles. The second-order valence-electron chi connectivity index (χ2n) is 3.57. The number of ether oxygens (including phenoxy) is 1. The summed E-state index contributed by atoms with van der Waals surface area (Å²) in [6.07, 6.45) is 0. The van der Waals surface area contributed by atoms with Crippen LogP contribution in [0.1, 0.15) is 15.9 Å². The van der Waals surface area contributed by atoms with Crippen LogP contribution in [0.5, 0.6) is 0 Å². The second-order valence-corrected chi connectivity index (χ2v) is 4.48. The molecule has 0 aromatic heterocycles. The number of carbonyl (C=O) groups is 1. The summed E-state index contributed by atoms with van der Waals surface area (Å²) in [4.78, 5) is 11.7. The molecule has 2 aromatic rings. The maximum absolute atomic E-state index is 11.7. The number of esters is 1. The van der Waals surface area contributed by atoms with Crippen molar-refractivity contribution in [3.63, 3.8) is 0 Å². The molecule has 2 rings (SSSR count). The van der Waals surface area contributed by atoms with Gasteiger partial charge >= 0.3 is 5.97 Å². The topological polar surface area (TPSA) is 26.3 Å². The third-order valence-electron chi connectivity index (χ3n) is 2.29. The number of hydrogen-bond donors (Lipinski definition) is 0. The monoisotopic (exact) mass is 290 g/mol. The van der Waals surface area contributed by atoms with Gasteiger partial charge < -0.3 is 4.74 Å². The summed E-state index contributed by atoms with van der Waals surface area (Å²) in [7, 11) is 0. The molecule has 0 atom stereocenters. The van der Waals surface area contributed by atoms with Gasteiger partial charge in [0.2, 0.25) is 0 Å². The molecule has 0 N–H and O–H groups in total. The molecule has 0 unspecified atom stereocenters. The predicted octanol–water partition coefficient (Wildman–Crippen LogP) is 3.81. The number of halogens is 1. The third kappa shape index (κ3) is 3.43. The van der Waals surface area contributed by atoms with E-state index in [1.807, 2.05) is 42.5 Å². The van der Waals surface area contributed by atoms with Crippen LogP contribution in [-0.2, 0) is 11.3 Å². The van der Waals surface area contributed by atoms with Crippen molar-refractivity contribution >= 4 is 21.9 Å². The molecule has 0 aliphatic heterocycles. The second kappa shape index (κ2) is 5.64. The van der Waals surface area contributed by atoms with Gasteiger partial charge in [-0.25, -0.2) is 4.79 Å². The van der Waals surface area contributed by atoms with Crippen LogP contribution in [0.3, 0.4) is 0 Å². The van der Waals surface area contributed by atoms with Gasteiger partial charge in [0.1, 0.15) is 6.61 Å². The smallest absolute Gasteiger partial charge is 0.338 e. The average Bonchev–Trinajstić information content (AvgIpc) is 2.38. The Balaban J connectivity index is 1.96. The maximum Gasteiger partial charge on any atom is 0.338 e. The number of benzene rings is 2. The molecule has 0 saturated carbocycles. The number of carbonyl (C=O) groups excluding carboxylic acids is 1. The normalized spacial score (nSPS) is 9.94. The fraction of sp³-hybridized carbons (Fsp3) is 0.0714. The summed E-state index contributed by atoms with van der Waals surface area (Å²) < 4.78 is 6.14. The van der Waals surface area contributed by atoms with Crippen molar-refractivity contribution in [2.75, 3.05) is 0 Å². The summed E-state index contributed by atoms with van der Waals surface area (Å²) in [5.74, 6) is -0.304. The Kier molecular flexibility index (Phi) is 3.94. The van der Waals surface area contributed by atoms with Gasteiger partial charge in [0.25, 0.3) is 0 Å². The highest BCUT2D eigenvalue weighted by molar-refractivity contribution is 9.10. The van der Waals surface area contributed by atoms with Crippen LogP contribution in [0.15, 0.2) is 59.1 Å². The van der Waals surface area contributed by atoms with E-state index in [1.54, 1.807) is 12.1 Å². The van der Waals surface area contributed by atoms with E-state index in [0.29, 0.717) is 12.2 Å². The van der Waals surface area contributed by atoms with Gasteiger partial charge in [-0.1, -0.05) is 46.3 Å². The quantitative estimate of drug-likeness (QED) is 0.804. The molecule has 0 fully saturated rings. The Morgan fingerprint density at radius 2 is 1.65 bits per heavy atom. The van der Waals surface area contributed by atoms with Gasteiger partial charge in [-0.2, -0.15) is 0 Å². The molecular formula is C14H11BrO2. The molecule has 0 aliphatic carbocycles. The predicted molar refractivity (Wildman–Crippen MR) is 69.7 cm³/mol. The molecule has 0 radical (unpaired) electrons. The van der Waals surface area contributed by atoms with E-state index in [4.69, 9.17) is 4.74 Å². The number of hydrogen-bond acceptors (Lipinski definition) is 2. The zero-order valence-corrected chi connectivity index (χ0v) is 10.7. The molecule has 3 heteroatoms. The third-order valence-corrected chi connectivity index (χ3v) is 2.82. The minimum Gasteiger partial charge on any atom is -0.457 e. The van der Waals surface area contributed by atoms with Crippen molar-refractivity contribution in [1.82, 2.24) is 0 Å². The first-order chi connectivity index (χ1) is 8.25. The molecule has 0 saturated heterocycles. The van der Waals surface area contributed by atoms with E-state index in [2.05, 4.69) is 15.9 Å². The van der Waals surface area contributed by atoms with Gasteiger partial charge in [0.05, 0.1) is 5.56 Å². The van der Waals surface area contributed by atoms with Crippen molar-refractivity contribution in [3.05, 3.63) is 70.2 Å². The zero-order valence-electron chi connectivity index (χ0n) is 9.10. The van der Waals surface area contributed by atoms with Crippen molar-refractivity contribution in [3.8, 4) is 0 Å². The van der Waals surface area contributed by atoms with E-state index >= 15 is 0 Å². The maximum atomic E-state index is 11.7. The van der Waals surface area contributed by atoms with Gasteiger partial charge in [-0.15, -0.1) is 0 Å². The first kappa shape index (κ1) is 11.9. The van der Waals surface area contributed by atoms with Crippen molar-refractivity contribution < 1.29 is 9.53 Å². The van der Waals surface area contributed by atoms with Crippen molar-refractivity contribution in [1.29, 1.82) is 0 Å². The van der Waals surface area contributed by atoms with Crippen molar-refractivity contribution in [2.45, 2.75) is 6.61 Å². The Morgan fingerprint density at radius 1 is 1.00 bits per heavy atom. The Bertz CT molecular complexity index is 491. The van der Waals surface area contributed by atoms with Crippen LogP contribution < -0.4 is 0 Å². The minimum atomic E-state index is -0.304. The lowest BCUT2D eigenvalue weighted by atomic mass is 10.2. The minimum absolute atomic E-state index is 0.301. The molecule has 0 bridgehead atoms. The largest absolute Gasteiger partial charge is 0.457 e. The molecule has 0 amide bonds. The molecule has 0 aliphatic rings. The lowest BCUT2D eigenvalue weighted by molar-refractivity contribution is 0.0472. The van der Waals surface area contributed by atoms with Gasteiger partial charge in [0, 0.05) is 4.47 Å². The van der Waals surface area contributed by atoms with Crippen LogP contribution in [0.25, 0.3) is 0 Å². The summed E-state index contributed by atoms with van der Waals surface area (Å²) in [5, 5.41) is 0. The Hall–Kier alpha value is -1.61. The van der Waals surface area contributed by atoms with E-state index in [9.17, 15) is 4.79 Å². The zero-order chi connectivity index (χ0) is 12.1. The molecular weight excluding hydrogens is 280 g/mol. The van der Waals surface area contributed by atoms with Crippen LogP contribution in [-0.4, -0.2) is 5.97 Å². The fourth-order valence-electron chi connectivity index (χ4n) is 1.39. The average molecular weight is 291 g/mol. The molecule has 2 nitrogen and oxygen atoms in total. The highest BCUT2D eigenvalue weighted by Gasteiger charge is 2.06. The van der Waals surface area contributed by atoms with Crippen LogP contribution >= 0.6 is 15.9 Å². The Morgan fingerprint density at radius 3 is 2.29 bits per heavy atom. The fourth-order valence-corrected chi connectivity index (χ4v) is 1.66. The highest BCUT2D eigenvalue weighted by atomic mass is 79.9. The van der Waals surface area contributed by atoms with Gasteiger partial charge in [0.15, 0.2) is 0 Å². The van der Waals surface area contributed by atoms with Crippen LogP contribution in [0, 0.1) is 0 Å². The first-order valence-corrected chi connectivity index (χ1v) is 6.01. The first-order valence-electron chi connectivity index (χ1n) is 5.22. The summed E-state index contributed by atoms with van der Waals surface area (Å²) in [6, 6.07) is 16.7. The Labute approximate surface area is 108 Å². The van der Waals surface area contributed by atoms with Crippen LogP contribution in [0.4, 0.5) is 0 Å². The molecule has 86 valence electrons. The SMILES string of the molecule is O=C(OCc1ccccc1)c1ccc(Br)cc1.